The highest BCUT2D eigenvalue weighted by Gasteiger charge is 2.45. The van der Waals surface area contributed by atoms with Gasteiger partial charge >= 0.3 is 0 Å². The second kappa shape index (κ2) is 8.33. The van der Waals surface area contributed by atoms with Crippen LogP contribution >= 0.6 is 0 Å². The van der Waals surface area contributed by atoms with Crippen LogP contribution < -0.4 is 0 Å². The molecule has 0 radical (unpaired) electrons. The molecule has 2 aromatic rings. The summed E-state index contributed by atoms with van der Waals surface area (Å²) in [4.78, 5) is 6.64. The molecule has 0 unspecified atom stereocenters. The van der Waals surface area contributed by atoms with Crippen molar-refractivity contribution in [3.8, 4) is 0 Å². The van der Waals surface area contributed by atoms with Gasteiger partial charge in [0, 0.05) is 50.8 Å². The number of likely N-dealkylation sites (tertiary alicyclic amines) is 1. The van der Waals surface area contributed by atoms with Crippen molar-refractivity contribution in [1.29, 1.82) is 0 Å². The molecule has 5 heteroatoms. The van der Waals surface area contributed by atoms with Crippen molar-refractivity contribution in [2.75, 3.05) is 26.3 Å². The molecule has 0 amide bonds. The van der Waals surface area contributed by atoms with Gasteiger partial charge in [0.15, 0.2) is 0 Å². The summed E-state index contributed by atoms with van der Waals surface area (Å²) in [5.41, 5.74) is 2.47. The van der Waals surface area contributed by atoms with Gasteiger partial charge in [-0.3, -0.25) is 9.88 Å². The minimum atomic E-state index is 0.0740. The molecule has 1 atom stereocenters. The minimum Gasteiger partial charge on any atom is -0.472 e. The largest absolute Gasteiger partial charge is 0.472 e. The van der Waals surface area contributed by atoms with E-state index in [2.05, 4.69) is 22.0 Å². The number of hydrogen-bond donors (Lipinski definition) is 0. The summed E-state index contributed by atoms with van der Waals surface area (Å²) in [5.74, 6) is 0.618. The van der Waals surface area contributed by atoms with Crippen LogP contribution in [-0.4, -0.2) is 41.8 Å². The Hall–Kier alpha value is -1.69. The lowest BCUT2D eigenvalue weighted by Crippen LogP contribution is -2.47. The van der Waals surface area contributed by atoms with Gasteiger partial charge < -0.3 is 13.9 Å². The third kappa shape index (κ3) is 4.17. The van der Waals surface area contributed by atoms with Gasteiger partial charge in [-0.25, -0.2) is 0 Å². The van der Waals surface area contributed by atoms with Crippen LogP contribution in [0.3, 0.4) is 0 Å². The molecule has 4 heterocycles. The lowest BCUT2D eigenvalue weighted by molar-refractivity contribution is -0.0733. The molecule has 140 valence electrons. The topological polar surface area (TPSA) is 47.7 Å². The van der Waals surface area contributed by atoms with Gasteiger partial charge in [0.05, 0.1) is 24.7 Å². The first kappa shape index (κ1) is 17.7. The normalized spacial score (nSPS) is 22.8. The van der Waals surface area contributed by atoms with E-state index >= 15 is 0 Å². The number of furan rings is 1. The zero-order valence-corrected chi connectivity index (χ0v) is 15.3. The quantitative estimate of drug-likeness (QED) is 0.709. The van der Waals surface area contributed by atoms with Crippen molar-refractivity contribution in [1.82, 2.24) is 9.88 Å². The van der Waals surface area contributed by atoms with E-state index in [0.29, 0.717) is 12.5 Å². The van der Waals surface area contributed by atoms with Gasteiger partial charge in [0.2, 0.25) is 0 Å². The number of hydrogen-bond acceptors (Lipinski definition) is 5. The molecular formula is C21H28N2O3. The van der Waals surface area contributed by atoms with Crippen molar-refractivity contribution >= 4 is 0 Å². The first-order valence-corrected chi connectivity index (χ1v) is 9.68. The smallest absolute Gasteiger partial charge is 0.0947 e. The van der Waals surface area contributed by atoms with E-state index < -0.39 is 0 Å². The number of aromatic nitrogens is 1. The molecular weight excluding hydrogens is 328 g/mol. The van der Waals surface area contributed by atoms with Crippen LogP contribution in [0, 0.1) is 5.92 Å². The third-order valence-corrected chi connectivity index (χ3v) is 5.89. The molecule has 0 aliphatic carbocycles. The van der Waals surface area contributed by atoms with Crippen LogP contribution in [0.2, 0.25) is 0 Å². The van der Waals surface area contributed by atoms with Gasteiger partial charge in [-0.2, -0.15) is 0 Å². The van der Waals surface area contributed by atoms with E-state index in [1.54, 1.807) is 12.5 Å². The second-order valence-electron chi connectivity index (χ2n) is 7.51. The van der Waals surface area contributed by atoms with Crippen molar-refractivity contribution in [2.45, 2.75) is 44.4 Å². The molecule has 5 nitrogen and oxygen atoms in total. The van der Waals surface area contributed by atoms with Crippen LogP contribution in [0.4, 0.5) is 0 Å². The summed E-state index contributed by atoms with van der Waals surface area (Å²) in [7, 11) is 0. The van der Waals surface area contributed by atoms with Crippen LogP contribution in [0.5, 0.6) is 0 Å². The summed E-state index contributed by atoms with van der Waals surface area (Å²) in [5, 5.41) is 0. The predicted molar refractivity (Wildman–Crippen MR) is 98.5 cm³/mol. The van der Waals surface area contributed by atoms with Gasteiger partial charge in [-0.15, -0.1) is 0 Å². The molecule has 1 spiro atoms. The molecule has 0 aromatic carbocycles. The zero-order valence-electron chi connectivity index (χ0n) is 15.3. The van der Waals surface area contributed by atoms with Gasteiger partial charge in [0.1, 0.15) is 0 Å². The van der Waals surface area contributed by atoms with Gasteiger partial charge in [0.25, 0.3) is 0 Å². The fourth-order valence-electron chi connectivity index (χ4n) is 4.37. The maximum absolute atomic E-state index is 6.28. The number of pyridine rings is 1. The van der Waals surface area contributed by atoms with Crippen molar-refractivity contribution in [3.05, 3.63) is 54.2 Å². The maximum atomic E-state index is 6.28. The standard InChI is InChI=1S/C21H28N2O3/c1-2-18(14-22-8-1)16-25-12-4-20-5-13-26-21(20)6-9-23(10-7-21)15-19-3-11-24-17-19/h1-3,8,11,14,17,20H,4-7,9-10,12-13,15-16H2/t20-/m0/s1. The highest BCUT2D eigenvalue weighted by atomic mass is 16.5. The monoisotopic (exact) mass is 356 g/mol. The Morgan fingerprint density at radius 3 is 2.92 bits per heavy atom. The molecule has 2 aromatic heterocycles. The van der Waals surface area contributed by atoms with E-state index in [4.69, 9.17) is 13.9 Å². The number of ether oxygens (including phenoxy) is 2. The zero-order chi connectivity index (χ0) is 17.7. The van der Waals surface area contributed by atoms with Crippen LogP contribution in [-0.2, 0) is 22.6 Å². The van der Waals surface area contributed by atoms with Gasteiger partial charge in [-0.05, 0) is 49.3 Å². The summed E-state index contributed by atoms with van der Waals surface area (Å²) in [6.07, 6.45) is 11.8. The van der Waals surface area contributed by atoms with E-state index in [0.717, 1.165) is 64.1 Å². The minimum absolute atomic E-state index is 0.0740. The second-order valence-corrected chi connectivity index (χ2v) is 7.51. The Morgan fingerprint density at radius 2 is 2.15 bits per heavy atom. The Bertz CT molecular complexity index is 651. The predicted octanol–water partition coefficient (Wildman–Crippen LogP) is 3.65. The Kier molecular flexibility index (Phi) is 5.68. The fraction of sp³-hybridized carbons (Fsp3) is 0.571. The first-order chi connectivity index (χ1) is 12.8. The first-order valence-electron chi connectivity index (χ1n) is 9.68. The highest BCUT2D eigenvalue weighted by molar-refractivity contribution is 5.07. The molecule has 2 aliphatic rings. The maximum Gasteiger partial charge on any atom is 0.0947 e. The van der Waals surface area contributed by atoms with E-state index in [1.807, 2.05) is 18.5 Å². The lowest BCUT2D eigenvalue weighted by Gasteiger charge is -2.42. The Balaban J connectivity index is 1.23. The highest BCUT2D eigenvalue weighted by Crippen LogP contribution is 2.42. The van der Waals surface area contributed by atoms with E-state index in [-0.39, 0.29) is 5.60 Å². The molecule has 0 saturated carbocycles. The molecule has 2 saturated heterocycles. The lowest BCUT2D eigenvalue weighted by atomic mass is 9.78. The van der Waals surface area contributed by atoms with Crippen LogP contribution in [0.25, 0.3) is 0 Å². The SMILES string of the molecule is c1cncc(COCC[C@H]2CCOC23CCN(Cc2ccoc2)CC3)c1. The molecule has 4 rings (SSSR count). The van der Waals surface area contributed by atoms with Crippen molar-refractivity contribution in [2.24, 2.45) is 5.92 Å². The van der Waals surface area contributed by atoms with Crippen LogP contribution in [0.15, 0.2) is 47.5 Å². The summed E-state index contributed by atoms with van der Waals surface area (Å²) < 4.78 is 17.4. The third-order valence-electron chi connectivity index (χ3n) is 5.89. The Morgan fingerprint density at radius 1 is 1.23 bits per heavy atom. The van der Waals surface area contributed by atoms with E-state index in [9.17, 15) is 0 Å². The average molecular weight is 356 g/mol. The summed E-state index contributed by atoms with van der Waals surface area (Å²) >= 11 is 0. The van der Waals surface area contributed by atoms with Crippen LogP contribution in [0.1, 0.15) is 36.8 Å². The number of rotatable bonds is 7. The molecule has 0 N–H and O–H groups in total. The molecule has 2 fully saturated rings. The molecule has 26 heavy (non-hydrogen) atoms. The Labute approximate surface area is 155 Å². The summed E-state index contributed by atoms with van der Waals surface area (Å²) in [6.45, 7) is 5.51. The number of nitrogens with zero attached hydrogens (tertiary/aromatic N) is 2. The molecule has 2 aliphatic heterocycles. The average Bonchev–Trinajstić information content (AvgIpc) is 3.32. The van der Waals surface area contributed by atoms with Crippen molar-refractivity contribution < 1.29 is 13.9 Å². The molecule has 0 bridgehead atoms. The summed E-state index contributed by atoms with van der Waals surface area (Å²) in [6, 6.07) is 6.07. The van der Waals surface area contributed by atoms with Gasteiger partial charge in [-0.1, -0.05) is 6.07 Å². The van der Waals surface area contributed by atoms with Crippen molar-refractivity contribution in [3.63, 3.8) is 0 Å². The number of piperidine rings is 1. The fourth-order valence-corrected chi connectivity index (χ4v) is 4.37. The van der Waals surface area contributed by atoms with E-state index in [1.165, 1.54) is 5.56 Å².